The van der Waals surface area contributed by atoms with Gasteiger partial charge in [0.1, 0.15) is 11.6 Å². The molecular weight excluding hydrogens is 208 g/mol. The molecule has 1 N–H and O–H groups in total. The maximum atomic E-state index is 13.3. The summed E-state index contributed by atoms with van der Waals surface area (Å²) in [6, 6.07) is 4.13. The number of nitrogens with one attached hydrogen (secondary N) is 1. The number of hydrogen-bond acceptors (Lipinski definition) is 1. The minimum absolute atomic E-state index is 0.412. The van der Waals surface area contributed by atoms with Crippen molar-refractivity contribution >= 4 is 0 Å². The summed E-state index contributed by atoms with van der Waals surface area (Å²) in [4.78, 5) is 0. The molecule has 1 unspecified atom stereocenters. The van der Waals surface area contributed by atoms with E-state index in [0.29, 0.717) is 18.2 Å². The molecule has 0 heterocycles. The fraction of sp³-hybridized carbons (Fsp3) is 0.538. The van der Waals surface area contributed by atoms with Crippen LogP contribution in [0.4, 0.5) is 8.78 Å². The fourth-order valence-electron chi connectivity index (χ4n) is 1.72. The summed E-state index contributed by atoms with van der Waals surface area (Å²) in [6.45, 7) is 4.70. The topological polar surface area (TPSA) is 12.0 Å². The van der Waals surface area contributed by atoms with Gasteiger partial charge in [0, 0.05) is 24.2 Å². The zero-order chi connectivity index (χ0) is 12.0. The first-order chi connectivity index (χ1) is 7.67. The van der Waals surface area contributed by atoms with Gasteiger partial charge >= 0.3 is 0 Å². The monoisotopic (exact) mass is 227 g/mol. The van der Waals surface area contributed by atoms with Crippen LogP contribution >= 0.6 is 0 Å². The molecule has 3 heteroatoms. The molecule has 1 atom stereocenters. The quantitative estimate of drug-likeness (QED) is 0.782. The van der Waals surface area contributed by atoms with Gasteiger partial charge in [0.2, 0.25) is 0 Å². The van der Waals surface area contributed by atoms with Crippen LogP contribution in [0.15, 0.2) is 18.2 Å². The van der Waals surface area contributed by atoms with Crippen LogP contribution in [0.2, 0.25) is 0 Å². The van der Waals surface area contributed by atoms with Crippen molar-refractivity contribution < 1.29 is 8.78 Å². The summed E-state index contributed by atoms with van der Waals surface area (Å²) in [5.74, 6) is -0.999. The summed E-state index contributed by atoms with van der Waals surface area (Å²) in [7, 11) is 0. The third kappa shape index (κ3) is 3.89. The number of halogens is 2. The second-order valence-corrected chi connectivity index (χ2v) is 4.01. The lowest BCUT2D eigenvalue weighted by molar-refractivity contribution is 0.454. The van der Waals surface area contributed by atoms with Crippen LogP contribution in [0.25, 0.3) is 0 Å². The highest BCUT2D eigenvalue weighted by molar-refractivity contribution is 5.18. The van der Waals surface area contributed by atoms with Crippen LogP contribution in [-0.2, 0) is 6.54 Å². The maximum Gasteiger partial charge on any atom is 0.130 e. The van der Waals surface area contributed by atoms with Crippen LogP contribution < -0.4 is 5.32 Å². The minimum atomic E-state index is -0.526. The molecule has 0 aliphatic heterocycles. The number of benzene rings is 1. The molecule has 1 aromatic rings. The molecule has 16 heavy (non-hydrogen) atoms. The van der Waals surface area contributed by atoms with Crippen molar-refractivity contribution in [3.05, 3.63) is 35.4 Å². The first-order valence-electron chi connectivity index (χ1n) is 5.84. The Kier molecular flexibility index (Phi) is 5.39. The van der Waals surface area contributed by atoms with Gasteiger partial charge in [0.25, 0.3) is 0 Å². The van der Waals surface area contributed by atoms with Crippen LogP contribution in [0, 0.1) is 11.6 Å². The zero-order valence-electron chi connectivity index (χ0n) is 9.89. The highest BCUT2D eigenvalue weighted by atomic mass is 19.1. The fourth-order valence-corrected chi connectivity index (χ4v) is 1.72. The van der Waals surface area contributed by atoms with Gasteiger partial charge in [-0.15, -0.1) is 0 Å². The van der Waals surface area contributed by atoms with E-state index < -0.39 is 11.6 Å². The summed E-state index contributed by atoms with van der Waals surface area (Å²) in [5, 5.41) is 3.28. The molecular formula is C13H19F2N. The Balaban J connectivity index is 2.53. The van der Waals surface area contributed by atoms with Crippen molar-refractivity contribution in [3.8, 4) is 0 Å². The second kappa shape index (κ2) is 6.59. The van der Waals surface area contributed by atoms with Crippen molar-refractivity contribution in [2.24, 2.45) is 0 Å². The SMILES string of the molecule is CCCC(CC)NCc1ccc(F)cc1F. The molecule has 0 aliphatic carbocycles. The van der Waals surface area contributed by atoms with Crippen molar-refractivity contribution in [2.45, 2.75) is 45.7 Å². The second-order valence-electron chi connectivity index (χ2n) is 4.01. The van der Waals surface area contributed by atoms with Gasteiger partial charge in [0.05, 0.1) is 0 Å². The van der Waals surface area contributed by atoms with E-state index in [1.54, 1.807) is 0 Å². The largest absolute Gasteiger partial charge is 0.310 e. The standard InChI is InChI=1S/C13H19F2N/c1-3-5-12(4-2)16-9-10-6-7-11(14)8-13(10)15/h6-8,12,16H,3-5,9H2,1-2H3. The van der Waals surface area contributed by atoms with Crippen molar-refractivity contribution in [1.82, 2.24) is 5.32 Å². The molecule has 0 amide bonds. The van der Waals surface area contributed by atoms with E-state index in [1.807, 2.05) is 0 Å². The highest BCUT2D eigenvalue weighted by Gasteiger charge is 2.07. The highest BCUT2D eigenvalue weighted by Crippen LogP contribution is 2.10. The minimum Gasteiger partial charge on any atom is -0.310 e. The average molecular weight is 227 g/mol. The predicted molar refractivity (Wildman–Crippen MR) is 62.2 cm³/mol. The zero-order valence-corrected chi connectivity index (χ0v) is 9.89. The van der Waals surface area contributed by atoms with E-state index in [2.05, 4.69) is 19.2 Å². The molecule has 0 saturated heterocycles. The van der Waals surface area contributed by atoms with Gasteiger partial charge in [0.15, 0.2) is 0 Å². The lowest BCUT2D eigenvalue weighted by Crippen LogP contribution is -2.28. The molecule has 0 spiro atoms. The van der Waals surface area contributed by atoms with Crippen LogP contribution in [0.5, 0.6) is 0 Å². The molecule has 1 rings (SSSR count). The Morgan fingerprint density at radius 1 is 1.25 bits per heavy atom. The van der Waals surface area contributed by atoms with Crippen molar-refractivity contribution in [2.75, 3.05) is 0 Å². The summed E-state index contributed by atoms with van der Waals surface area (Å²) >= 11 is 0. The van der Waals surface area contributed by atoms with Crippen molar-refractivity contribution in [3.63, 3.8) is 0 Å². The Hall–Kier alpha value is -0.960. The van der Waals surface area contributed by atoms with E-state index in [9.17, 15) is 8.78 Å². The number of hydrogen-bond donors (Lipinski definition) is 1. The predicted octanol–water partition coefficient (Wildman–Crippen LogP) is 3.63. The Morgan fingerprint density at radius 2 is 2.00 bits per heavy atom. The third-order valence-electron chi connectivity index (χ3n) is 2.73. The van der Waals surface area contributed by atoms with Crippen LogP contribution in [0.3, 0.4) is 0 Å². The molecule has 1 nitrogen and oxygen atoms in total. The Morgan fingerprint density at radius 3 is 2.56 bits per heavy atom. The van der Waals surface area contributed by atoms with Crippen molar-refractivity contribution in [1.29, 1.82) is 0 Å². The average Bonchev–Trinajstić information content (AvgIpc) is 2.26. The normalized spacial score (nSPS) is 12.8. The Labute approximate surface area is 95.9 Å². The summed E-state index contributed by atoms with van der Waals surface area (Å²) < 4.78 is 26.0. The van der Waals surface area contributed by atoms with Gasteiger partial charge < -0.3 is 5.32 Å². The summed E-state index contributed by atoms with van der Waals surface area (Å²) in [6.07, 6.45) is 3.22. The van der Waals surface area contributed by atoms with Gasteiger partial charge in [-0.2, -0.15) is 0 Å². The van der Waals surface area contributed by atoms with E-state index >= 15 is 0 Å². The maximum absolute atomic E-state index is 13.3. The van der Waals surface area contributed by atoms with Gasteiger partial charge in [-0.3, -0.25) is 0 Å². The van der Waals surface area contributed by atoms with E-state index in [1.165, 1.54) is 12.1 Å². The van der Waals surface area contributed by atoms with Crippen LogP contribution in [-0.4, -0.2) is 6.04 Å². The Bertz CT molecular complexity index is 326. The third-order valence-corrected chi connectivity index (χ3v) is 2.73. The van der Waals surface area contributed by atoms with E-state index in [-0.39, 0.29) is 0 Å². The van der Waals surface area contributed by atoms with E-state index in [0.717, 1.165) is 25.3 Å². The molecule has 0 aliphatic rings. The smallest absolute Gasteiger partial charge is 0.130 e. The molecule has 0 aromatic heterocycles. The van der Waals surface area contributed by atoms with Gasteiger partial charge in [-0.25, -0.2) is 8.78 Å². The van der Waals surface area contributed by atoms with Crippen LogP contribution in [0.1, 0.15) is 38.7 Å². The first kappa shape index (κ1) is 13.1. The molecule has 0 saturated carbocycles. The van der Waals surface area contributed by atoms with E-state index in [4.69, 9.17) is 0 Å². The molecule has 0 fully saturated rings. The van der Waals surface area contributed by atoms with Gasteiger partial charge in [-0.1, -0.05) is 26.3 Å². The molecule has 90 valence electrons. The van der Waals surface area contributed by atoms with Gasteiger partial charge in [-0.05, 0) is 18.9 Å². The molecule has 0 bridgehead atoms. The molecule has 0 radical (unpaired) electrons. The molecule has 1 aromatic carbocycles. The lowest BCUT2D eigenvalue weighted by atomic mass is 10.1. The lowest BCUT2D eigenvalue weighted by Gasteiger charge is -2.16. The first-order valence-corrected chi connectivity index (χ1v) is 5.84. The summed E-state index contributed by atoms with van der Waals surface area (Å²) in [5.41, 5.74) is 0.524. The number of rotatable bonds is 6.